The molecule has 1 aliphatic heterocycles. The van der Waals surface area contributed by atoms with E-state index in [0.717, 1.165) is 67.6 Å². The van der Waals surface area contributed by atoms with E-state index in [1.54, 1.807) is 6.07 Å². The molecule has 50 heavy (non-hydrogen) atoms. The third kappa shape index (κ3) is 8.39. The Bertz CT molecular complexity index is 1820. The van der Waals surface area contributed by atoms with Gasteiger partial charge in [-0.05, 0) is 49.1 Å². The van der Waals surface area contributed by atoms with Crippen LogP contribution < -0.4 is 20.7 Å². The molecule has 0 unspecified atom stereocenters. The lowest BCUT2D eigenvalue weighted by atomic mass is 9.85. The van der Waals surface area contributed by atoms with Crippen LogP contribution in [0.25, 0.3) is 5.65 Å². The van der Waals surface area contributed by atoms with E-state index in [1.807, 2.05) is 61.7 Å². The number of fused-ring (bicyclic) bond motifs is 2. The number of carbonyl (C=O) groups is 2. The first-order valence-corrected chi connectivity index (χ1v) is 17.5. The van der Waals surface area contributed by atoms with Gasteiger partial charge in [0.1, 0.15) is 23.5 Å². The number of nitrogens with one attached hydrogen (secondary N) is 3. The molecule has 6 rings (SSSR count). The van der Waals surface area contributed by atoms with Gasteiger partial charge in [-0.3, -0.25) is 19.4 Å². The SMILES string of the molecule is CC(C)(C)c1cc(NC(=O)N[C@H]2CC[C@@H](Oc3ccc4nnc(C(C)(C)C)n4c3)c3ccccc32)nc(C(=O)NCCCN2CCOCC2)n1. The monoisotopic (exact) mass is 683 g/mol. The van der Waals surface area contributed by atoms with Crippen LogP contribution in [0.3, 0.4) is 0 Å². The third-order valence-corrected chi connectivity index (χ3v) is 9.05. The third-order valence-electron chi connectivity index (χ3n) is 9.05. The van der Waals surface area contributed by atoms with Crippen LogP contribution in [0.5, 0.6) is 5.75 Å². The predicted octanol–water partition coefficient (Wildman–Crippen LogP) is 5.34. The molecule has 3 aromatic heterocycles. The number of carbonyl (C=O) groups excluding carboxylic acids is 2. The van der Waals surface area contributed by atoms with Crippen LogP contribution >= 0.6 is 0 Å². The summed E-state index contributed by atoms with van der Waals surface area (Å²) < 4.78 is 14.0. The molecule has 0 spiro atoms. The molecular formula is C37H49N9O4. The van der Waals surface area contributed by atoms with Gasteiger partial charge in [-0.25, -0.2) is 14.8 Å². The van der Waals surface area contributed by atoms with Gasteiger partial charge >= 0.3 is 6.03 Å². The highest BCUT2D eigenvalue weighted by molar-refractivity contribution is 5.92. The molecule has 2 aliphatic rings. The lowest BCUT2D eigenvalue weighted by molar-refractivity contribution is 0.0374. The maximum Gasteiger partial charge on any atom is 0.320 e. The number of ether oxygens (including phenoxy) is 2. The van der Waals surface area contributed by atoms with Crippen molar-refractivity contribution >= 4 is 23.4 Å². The second kappa shape index (κ2) is 14.7. The maximum absolute atomic E-state index is 13.4. The summed E-state index contributed by atoms with van der Waals surface area (Å²) in [5, 5.41) is 17.7. The van der Waals surface area contributed by atoms with Crippen LogP contribution in [0.1, 0.15) is 106 Å². The van der Waals surface area contributed by atoms with Crippen LogP contribution in [0, 0.1) is 0 Å². The maximum atomic E-state index is 13.4. The Morgan fingerprint density at radius 2 is 1.70 bits per heavy atom. The Balaban J connectivity index is 1.11. The molecule has 3 N–H and O–H groups in total. The second-order valence-electron chi connectivity index (χ2n) is 15.1. The zero-order chi connectivity index (χ0) is 35.5. The molecule has 13 nitrogen and oxygen atoms in total. The highest BCUT2D eigenvalue weighted by Gasteiger charge is 2.30. The standard InChI is InChI=1S/C37H49N9O4/c1-36(2,3)29-22-30(41-32(40-29)33(47)38-16-9-17-45-18-20-49-21-19-45)42-35(48)39-27-13-14-28(26-11-8-7-10-25(26)27)50-24-12-15-31-43-44-34(37(4,5)6)46(31)23-24/h7-8,10-12,15,22-23,27-28H,9,13-14,16-21H2,1-6H3,(H,38,47)(H2,39,40,41,42,48)/t27-,28+/m0/s1. The van der Waals surface area contributed by atoms with Crippen molar-refractivity contribution in [2.75, 3.05) is 44.7 Å². The van der Waals surface area contributed by atoms with E-state index >= 15 is 0 Å². The van der Waals surface area contributed by atoms with E-state index < -0.39 is 6.03 Å². The number of morpholine rings is 1. The molecule has 266 valence electrons. The van der Waals surface area contributed by atoms with Crippen LogP contribution in [-0.4, -0.2) is 80.8 Å². The molecule has 0 bridgehead atoms. The number of rotatable bonds is 9. The first-order chi connectivity index (χ1) is 23.8. The normalized spacial score (nSPS) is 18.4. The summed E-state index contributed by atoms with van der Waals surface area (Å²) in [7, 11) is 0. The predicted molar refractivity (Wildman–Crippen MR) is 191 cm³/mol. The smallest absolute Gasteiger partial charge is 0.320 e. The number of hydrogen-bond donors (Lipinski definition) is 3. The average Bonchev–Trinajstić information content (AvgIpc) is 3.52. The van der Waals surface area contributed by atoms with Gasteiger partial charge in [-0.2, -0.15) is 0 Å². The molecule has 1 saturated heterocycles. The minimum Gasteiger partial charge on any atom is -0.484 e. The highest BCUT2D eigenvalue weighted by Crippen LogP contribution is 2.39. The largest absolute Gasteiger partial charge is 0.484 e. The van der Waals surface area contributed by atoms with Crippen LogP contribution in [0.2, 0.25) is 0 Å². The van der Waals surface area contributed by atoms with Crippen molar-refractivity contribution in [1.82, 2.24) is 40.1 Å². The number of pyridine rings is 1. The number of anilines is 1. The van der Waals surface area contributed by atoms with Gasteiger partial charge in [0.05, 0.1) is 31.1 Å². The van der Waals surface area contributed by atoms with Crippen molar-refractivity contribution in [3.63, 3.8) is 0 Å². The zero-order valence-corrected chi connectivity index (χ0v) is 30.0. The van der Waals surface area contributed by atoms with Gasteiger partial charge in [0.15, 0.2) is 5.65 Å². The first-order valence-electron chi connectivity index (χ1n) is 17.5. The molecule has 1 aromatic carbocycles. The van der Waals surface area contributed by atoms with Crippen molar-refractivity contribution in [3.05, 3.63) is 77.1 Å². The van der Waals surface area contributed by atoms with Gasteiger partial charge in [-0.1, -0.05) is 65.8 Å². The van der Waals surface area contributed by atoms with Crippen molar-refractivity contribution < 1.29 is 19.1 Å². The van der Waals surface area contributed by atoms with E-state index in [-0.39, 0.29) is 40.5 Å². The lowest BCUT2D eigenvalue weighted by Crippen LogP contribution is -2.38. The molecule has 1 fully saturated rings. The van der Waals surface area contributed by atoms with E-state index in [9.17, 15) is 9.59 Å². The minimum absolute atomic E-state index is 0.0291. The molecule has 0 radical (unpaired) electrons. The summed E-state index contributed by atoms with van der Waals surface area (Å²) in [4.78, 5) is 37.9. The van der Waals surface area contributed by atoms with Crippen molar-refractivity contribution in [2.24, 2.45) is 0 Å². The number of nitrogens with zero attached hydrogens (tertiary/aromatic N) is 6. The van der Waals surface area contributed by atoms with Crippen molar-refractivity contribution in [2.45, 2.75) is 83.8 Å². The Morgan fingerprint density at radius 1 is 0.940 bits per heavy atom. The molecule has 3 amide bonds. The van der Waals surface area contributed by atoms with E-state index in [1.165, 1.54) is 0 Å². The van der Waals surface area contributed by atoms with Gasteiger partial charge in [0, 0.05) is 36.5 Å². The van der Waals surface area contributed by atoms with Gasteiger partial charge in [0.25, 0.3) is 5.91 Å². The summed E-state index contributed by atoms with van der Waals surface area (Å²) in [6, 6.07) is 13.0. The molecule has 2 atom stereocenters. The van der Waals surface area contributed by atoms with Crippen molar-refractivity contribution in [1.29, 1.82) is 0 Å². The van der Waals surface area contributed by atoms with Gasteiger partial charge in [-0.15, -0.1) is 10.2 Å². The highest BCUT2D eigenvalue weighted by atomic mass is 16.5. The topological polar surface area (TPSA) is 148 Å². The summed E-state index contributed by atoms with van der Waals surface area (Å²) in [6.45, 7) is 17.0. The Kier molecular flexibility index (Phi) is 10.4. The summed E-state index contributed by atoms with van der Waals surface area (Å²) in [5.74, 6) is 1.52. The van der Waals surface area contributed by atoms with E-state index in [0.29, 0.717) is 25.1 Å². The number of benzene rings is 1. The number of urea groups is 1. The van der Waals surface area contributed by atoms with Gasteiger partial charge in [0.2, 0.25) is 5.82 Å². The fraction of sp³-hybridized carbons (Fsp3) is 0.514. The van der Waals surface area contributed by atoms with Crippen LogP contribution in [-0.2, 0) is 15.6 Å². The van der Waals surface area contributed by atoms with E-state index in [2.05, 4.69) is 67.9 Å². The summed E-state index contributed by atoms with van der Waals surface area (Å²) in [6.07, 6.45) is 3.94. The summed E-state index contributed by atoms with van der Waals surface area (Å²) in [5.41, 5.74) is 2.90. The number of aromatic nitrogens is 5. The molecule has 13 heteroatoms. The Morgan fingerprint density at radius 3 is 2.44 bits per heavy atom. The first kappa shape index (κ1) is 35.2. The number of hydrogen-bond acceptors (Lipinski definition) is 9. The quantitative estimate of drug-likeness (QED) is 0.199. The average molecular weight is 684 g/mol. The zero-order valence-electron chi connectivity index (χ0n) is 30.0. The van der Waals surface area contributed by atoms with Crippen molar-refractivity contribution in [3.8, 4) is 5.75 Å². The Labute approximate surface area is 293 Å². The van der Waals surface area contributed by atoms with Crippen LogP contribution in [0.4, 0.5) is 10.6 Å². The fourth-order valence-electron chi connectivity index (χ4n) is 6.36. The molecular weight excluding hydrogens is 634 g/mol. The minimum atomic E-state index is -0.410. The molecule has 0 saturated carbocycles. The van der Waals surface area contributed by atoms with E-state index in [4.69, 9.17) is 9.47 Å². The molecule has 1 aliphatic carbocycles. The van der Waals surface area contributed by atoms with Gasteiger partial charge < -0.3 is 20.1 Å². The number of amides is 3. The van der Waals surface area contributed by atoms with Crippen LogP contribution in [0.15, 0.2) is 48.7 Å². The Hall–Kier alpha value is -4.62. The molecule has 4 aromatic rings. The lowest BCUT2D eigenvalue weighted by Gasteiger charge is -2.32. The fourth-order valence-corrected chi connectivity index (χ4v) is 6.36. The second-order valence-corrected chi connectivity index (χ2v) is 15.1. The molecule has 4 heterocycles. The summed E-state index contributed by atoms with van der Waals surface area (Å²) >= 11 is 0.